The molecule has 142 valence electrons. The Hall–Kier alpha value is -2.01. The van der Waals surface area contributed by atoms with Crippen LogP contribution in [-0.2, 0) is 23.7 Å². The number of hydrogen-bond donors (Lipinski definition) is 2. The molecule has 0 radical (unpaired) electrons. The molecule has 0 spiro atoms. The van der Waals surface area contributed by atoms with Crippen LogP contribution in [0.1, 0.15) is 5.82 Å². The summed E-state index contributed by atoms with van der Waals surface area (Å²) >= 11 is 0. The zero-order valence-corrected chi connectivity index (χ0v) is 15.6. The summed E-state index contributed by atoms with van der Waals surface area (Å²) in [4.78, 5) is 6.54. The average Bonchev–Trinajstić information content (AvgIpc) is 3.06. The molecule has 10 heteroatoms. The van der Waals surface area contributed by atoms with Gasteiger partial charge in [0.25, 0.3) is 0 Å². The molecule has 0 bridgehead atoms. The van der Waals surface area contributed by atoms with E-state index in [4.69, 9.17) is 4.74 Å². The number of nitrogens with zero attached hydrogens (tertiary/aromatic N) is 4. The SMILES string of the molecule is Cn1ncnc1COc1ccc(S(=O)(=O)NCCN2CCNCC2)cc1. The molecule has 26 heavy (non-hydrogen) atoms. The Morgan fingerprint density at radius 3 is 2.62 bits per heavy atom. The van der Waals surface area contributed by atoms with Gasteiger partial charge in [0.1, 0.15) is 18.7 Å². The standard InChI is InChI=1S/C16H24N6O3S/c1-21-16(18-13-19-21)12-25-14-2-4-15(5-3-14)26(23,24)20-8-11-22-9-6-17-7-10-22/h2-5,13,17,20H,6-12H2,1H3. The first kappa shape index (κ1) is 18.8. The van der Waals surface area contributed by atoms with Crippen LogP contribution in [0.3, 0.4) is 0 Å². The number of nitrogens with one attached hydrogen (secondary N) is 2. The molecular formula is C16H24N6O3S. The first-order valence-electron chi connectivity index (χ1n) is 8.53. The zero-order valence-electron chi connectivity index (χ0n) is 14.8. The molecule has 0 aliphatic carbocycles. The Kier molecular flexibility index (Phi) is 6.20. The number of ether oxygens (including phenoxy) is 1. The smallest absolute Gasteiger partial charge is 0.240 e. The van der Waals surface area contributed by atoms with Gasteiger partial charge in [0.05, 0.1) is 4.90 Å². The highest BCUT2D eigenvalue weighted by Crippen LogP contribution is 2.16. The fraction of sp³-hybridized carbons (Fsp3) is 0.500. The lowest BCUT2D eigenvalue weighted by atomic mass is 10.3. The fourth-order valence-corrected chi connectivity index (χ4v) is 3.69. The third-order valence-corrected chi connectivity index (χ3v) is 5.71. The number of aromatic nitrogens is 3. The lowest BCUT2D eigenvalue weighted by molar-refractivity contribution is 0.245. The number of piperazine rings is 1. The molecule has 3 rings (SSSR count). The highest BCUT2D eigenvalue weighted by Gasteiger charge is 2.15. The second-order valence-corrected chi connectivity index (χ2v) is 7.82. The maximum Gasteiger partial charge on any atom is 0.240 e. The predicted molar refractivity (Wildman–Crippen MR) is 96.3 cm³/mol. The van der Waals surface area contributed by atoms with E-state index in [1.807, 2.05) is 0 Å². The Bertz CT molecular complexity index is 800. The van der Waals surface area contributed by atoms with Crippen molar-refractivity contribution in [1.82, 2.24) is 29.7 Å². The number of benzene rings is 1. The summed E-state index contributed by atoms with van der Waals surface area (Å²) in [5.41, 5.74) is 0. The second kappa shape index (κ2) is 8.58. The van der Waals surface area contributed by atoms with Gasteiger partial charge in [-0.1, -0.05) is 0 Å². The molecule has 2 heterocycles. The van der Waals surface area contributed by atoms with Gasteiger partial charge in [-0.25, -0.2) is 18.1 Å². The highest BCUT2D eigenvalue weighted by molar-refractivity contribution is 7.89. The maximum atomic E-state index is 12.4. The van der Waals surface area contributed by atoms with E-state index in [0.29, 0.717) is 24.7 Å². The van der Waals surface area contributed by atoms with Gasteiger partial charge in [0.15, 0.2) is 5.82 Å². The van der Waals surface area contributed by atoms with Crippen molar-refractivity contribution >= 4 is 10.0 Å². The molecule has 1 aliphatic rings. The molecule has 2 N–H and O–H groups in total. The summed E-state index contributed by atoms with van der Waals surface area (Å²) in [7, 11) is -1.73. The van der Waals surface area contributed by atoms with Gasteiger partial charge in [-0.3, -0.25) is 9.58 Å². The molecule has 0 saturated carbocycles. The maximum absolute atomic E-state index is 12.4. The molecular weight excluding hydrogens is 356 g/mol. The Labute approximate surface area is 153 Å². The molecule has 0 atom stereocenters. The van der Waals surface area contributed by atoms with E-state index >= 15 is 0 Å². The van der Waals surface area contributed by atoms with Crippen molar-refractivity contribution in [2.24, 2.45) is 7.05 Å². The van der Waals surface area contributed by atoms with Crippen LogP contribution in [0.15, 0.2) is 35.5 Å². The van der Waals surface area contributed by atoms with Gasteiger partial charge < -0.3 is 10.1 Å². The van der Waals surface area contributed by atoms with Gasteiger partial charge >= 0.3 is 0 Å². The number of hydrogen-bond acceptors (Lipinski definition) is 7. The van der Waals surface area contributed by atoms with E-state index in [-0.39, 0.29) is 11.5 Å². The molecule has 1 saturated heterocycles. The molecule has 0 amide bonds. The van der Waals surface area contributed by atoms with Gasteiger partial charge in [-0.05, 0) is 24.3 Å². The fourth-order valence-electron chi connectivity index (χ4n) is 2.67. The van der Waals surface area contributed by atoms with Crippen LogP contribution in [0.5, 0.6) is 5.75 Å². The van der Waals surface area contributed by atoms with E-state index in [0.717, 1.165) is 26.2 Å². The summed E-state index contributed by atoms with van der Waals surface area (Å²) in [6.45, 7) is 5.15. The van der Waals surface area contributed by atoms with E-state index in [1.165, 1.54) is 6.33 Å². The molecule has 1 aromatic heterocycles. The minimum Gasteiger partial charge on any atom is -0.486 e. The van der Waals surface area contributed by atoms with Crippen molar-refractivity contribution in [3.63, 3.8) is 0 Å². The molecule has 1 aromatic carbocycles. The summed E-state index contributed by atoms with van der Waals surface area (Å²) in [5.74, 6) is 1.27. The monoisotopic (exact) mass is 380 g/mol. The van der Waals surface area contributed by atoms with E-state index in [9.17, 15) is 8.42 Å². The summed E-state index contributed by atoms with van der Waals surface area (Å²) in [6, 6.07) is 6.36. The molecule has 1 aliphatic heterocycles. The van der Waals surface area contributed by atoms with E-state index < -0.39 is 10.0 Å². The normalized spacial score (nSPS) is 15.9. The van der Waals surface area contributed by atoms with Crippen LogP contribution in [0.2, 0.25) is 0 Å². The van der Waals surface area contributed by atoms with Crippen LogP contribution in [0.4, 0.5) is 0 Å². The zero-order chi connectivity index (χ0) is 18.4. The van der Waals surface area contributed by atoms with Crippen LogP contribution in [0.25, 0.3) is 0 Å². The topological polar surface area (TPSA) is 101 Å². The molecule has 2 aromatic rings. The minimum absolute atomic E-state index is 0.226. The Balaban J connectivity index is 1.50. The van der Waals surface area contributed by atoms with E-state index in [2.05, 4.69) is 25.0 Å². The molecule has 0 unspecified atom stereocenters. The molecule has 9 nitrogen and oxygen atoms in total. The Morgan fingerprint density at radius 1 is 1.23 bits per heavy atom. The van der Waals surface area contributed by atoms with Gasteiger partial charge in [-0.15, -0.1) is 0 Å². The number of aryl methyl sites for hydroxylation is 1. The minimum atomic E-state index is -3.52. The lowest BCUT2D eigenvalue weighted by Crippen LogP contribution is -2.46. The van der Waals surface area contributed by atoms with Gasteiger partial charge in [0, 0.05) is 46.3 Å². The van der Waals surface area contributed by atoms with Crippen LogP contribution >= 0.6 is 0 Å². The van der Waals surface area contributed by atoms with Gasteiger partial charge in [0.2, 0.25) is 10.0 Å². The van der Waals surface area contributed by atoms with Crippen LogP contribution in [-0.4, -0.2) is 67.4 Å². The van der Waals surface area contributed by atoms with Crippen molar-refractivity contribution in [3.05, 3.63) is 36.4 Å². The van der Waals surface area contributed by atoms with Gasteiger partial charge in [-0.2, -0.15) is 5.10 Å². The molecule has 1 fully saturated rings. The third kappa shape index (κ3) is 5.01. The van der Waals surface area contributed by atoms with Crippen molar-refractivity contribution in [3.8, 4) is 5.75 Å². The van der Waals surface area contributed by atoms with Crippen molar-refractivity contribution in [2.75, 3.05) is 39.3 Å². The predicted octanol–water partition coefficient (Wildman–Crippen LogP) is -0.422. The van der Waals surface area contributed by atoms with Crippen molar-refractivity contribution < 1.29 is 13.2 Å². The second-order valence-electron chi connectivity index (χ2n) is 6.05. The van der Waals surface area contributed by atoms with Crippen molar-refractivity contribution in [2.45, 2.75) is 11.5 Å². The quantitative estimate of drug-likeness (QED) is 0.641. The summed E-state index contributed by atoms with van der Waals surface area (Å²) in [6.07, 6.45) is 1.46. The first-order valence-corrected chi connectivity index (χ1v) is 10.0. The average molecular weight is 380 g/mol. The summed E-state index contributed by atoms with van der Waals surface area (Å²) < 4.78 is 34.6. The van der Waals surface area contributed by atoms with E-state index in [1.54, 1.807) is 36.0 Å². The first-order chi connectivity index (χ1) is 12.5. The largest absolute Gasteiger partial charge is 0.486 e. The number of rotatable bonds is 8. The lowest BCUT2D eigenvalue weighted by Gasteiger charge is -2.27. The van der Waals surface area contributed by atoms with Crippen LogP contribution < -0.4 is 14.8 Å². The summed E-state index contributed by atoms with van der Waals surface area (Å²) in [5, 5.41) is 7.24. The van der Waals surface area contributed by atoms with Crippen LogP contribution in [0, 0.1) is 0 Å². The Morgan fingerprint density at radius 2 is 1.96 bits per heavy atom. The number of sulfonamides is 1. The highest BCUT2D eigenvalue weighted by atomic mass is 32.2. The third-order valence-electron chi connectivity index (χ3n) is 4.24. The van der Waals surface area contributed by atoms with Crippen molar-refractivity contribution in [1.29, 1.82) is 0 Å².